The second kappa shape index (κ2) is 10.0. The van der Waals surface area contributed by atoms with E-state index in [0.29, 0.717) is 37.4 Å². The van der Waals surface area contributed by atoms with Gasteiger partial charge in [-0.25, -0.2) is 13.2 Å². The number of hydrogen-bond donors (Lipinski definition) is 3. The summed E-state index contributed by atoms with van der Waals surface area (Å²) in [6.45, 7) is 1.34. The zero-order chi connectivity index (χ0) is 25.3. The van der Waals surface area contributed by atoms with E-state index in [1.54, 1.807) is 6.07 Å². The van der Waals surface area contributed by atoms with E-state index in [2.05, 4.69) is 16.0 Å². The van der Waals surface area contributed by atoms with Crippen LogP contribution < -0.4 is 16.0 Å². The van der Waals surface area contributed by atoms with Crippen LogP contribution in [-0.2, 0) is 29.6 Å². The lowest BCUT2D eigenvalue weighted by Gasteiger charge is -2.33. The van der Waals surface area contributed by atoms with Gasteiger partial charge >= 0.3 is 6.03 Å². The van der Waals surface area contributed by atoms with E-state index in [-0.39, 0.29) is 42.3 Å². The van der Waals surface area contributed by atoms with Crippen LogP contribution in [0, 0.1) is 5.92 Å². The molecule has 3 N–H and O–H groups in total. The molecule has 3 aliphatic heterocycles. The maximum absolute atomic E-state index is 13.4. The molecule has 3 heterocycles. The summed E-state index contributed by atoms with van der Waals surface area (Å²) in [5.41, 5.74) is 1.62. The highest BCUT2D eigenvalue weighted by Crippen LogP contribution is 2.45. The first-order valence-electron chi connectivity index (χ1n) is 12.9. The van der Waals surface area contributed by atoms with Crippen LogP contribution in [-0.4, -0.2) is 75.0 Å². The molecular weight excluding hydrogens is 484 g/mol. The van der Waals surface area contributed by atoms with Crippen molar-refractivity contribution in [3.05, 3.63) is 23.8 Å². The average Bonchev–Trinajstić information content (AvgIpc) is 3.13. The number of anilines is 2. The van der Waals surface area contributed by atoms with Gasteiger partial charge in [-0.15, -0.1) is 0 Å². The number of ether oxygens (including phenoxy) is 1. The van der Waals surface area contributed by atoms with E-state index in [1.807, 2.05) is 12.1 Å². The Balaban J connectivity index is 1.30. The predicted molar refractivity (Wildman–Crippen MR) is 135 cm³/mol. The lowest BCUT2D eigenvalue weighted by atomic mass is 9.75. The van der Waals surface area contributed by atoms with Gasteiger partial charge in [0.15, 0.2) is 9.84 Å². The zero-order valence-electron chi connectivity index (χ0n) is 20.4. The first-order chi connectivity index (χ1) is 17.3. The molecule has 1 aliphatic carbocycles. The van der Waals surface area contributed by atoms with Crippen molar-refractivity contribution in [3.8, 4) is 0 Å². The van der Waals surface area contributed by atoms with Gasteiger partial charge in [0.05, 0.1) is 16.9 Å². The Morgan fingerprint density at radius 2 is 1.78 bits per heavy atom. The van der Waals surface area contributed by atoms with Crippen LogP contribution in [0.4, 0.5) is 16.2 Å². The number of hydrogen-bond acceptors (Lipinski definition) is 6. The molecule has 4 aliphatic rings. The monoisotopic (exact) mass is 518 g/mol. The molecule has 11 heteroatoms. The fraction of sp³-hybridized carbons (Fsp3) is 0.640. The number of carbonyl (C=O) groups excluding carboxylic acids is 3. The topological polar surface area (TPSA) is 134 Å². The number of sulfone groups is 1. The predicted octanol–water partition coefficient (Wildman–Crippen LogP) is 2.01. The molecule has 1 unspecified atom stereocenters. The molecule has 1 aromatic rings. The molecule has 2 saturated heterocycles. The van der Waals surface area contributed by atoms with Crippen molar-refractivity contribution in [2.24, 2.45) is 5.92 Å². The van der Waals surface area contributed by atoms with Gasteiger partial charge in [0.2, 0.25) is 11.8 Å². The summed E-state index contributed by atoms with van der Waals surface area (Å²) < 4.78 is 29.0. The minimum Gasteiger partial charge on any atom is -0.381 e. The third-order valence-electron chi connectivity index (χ3n) is 8.15. The summed E-state index contributed by atoms with van der Waals surface area (Å²) in [4.78, 5) is 40.7. The van der Waals surface area contributed by atoms with Crippen LogP contribution >= 0.6 is 0 Å². The van der Waals surface area contributed by atoms with Crippen LogP contribution in [0.1, 0.15) is 50.5 Å². The fourth-order valence-corrected chi connectivity index (χ4v) is 7.15. The molecule has 1 aromatic carbocycles. The second-order valence-corrected chi connectivity index (χ2v) is 12.7. The number of nitrogens with one attached hydrogen (secondary N) is 3. The van der Waals surface area contributed by atoms with Crippen molar-refractivity contribution in [1.82, 2.24) is 10.2 Å². The number of amides is 4. The molecule has 196 valence electrons. The minimum absolute atomic E-state index is 0.0101. The maximum Gasteiger partial charge on any atom is 0.318 e. The molecule has 1 spiro atoms. The third kappa shape index (κ3) is 4.95. The molecule has 0 bridgehead atoms. The molecule has 1 saturated carbocycles. The van der Waals surface area contributed by atoms with E-state index < -0.39 is 27.3 Å². The van der Waals surface area contributed by atoms with Gasteiger partial charge in [-0.3, -0.25) is 9.59 Å². The Labute approximate surface area is 211 Å². The molecule has 36 heavy (non-hydrogen) atoms. The van der Waals surface area contributed by atoms with Crippen LogP contribution in [0.25, 0.3) is 0 Å². The van der Waals surface area contributed by atoms with Gasteiger partial charge in [0.1, 0.15) is 6.04 Å². The van der Waals surface area contributed by atoms with E-state index in [0.717, 1.165) is 37.7 Å². The molecule has 5 rings (SSSR count). The maximum atomic E-state index is 13.4. The lowest BCUT2D eigenvalue weighted by Crippen LogP contribution is -2.55. The van der Waals surface area contributed by atoms with E-state index in [4.69, 9.17) is 4.74 Å². The molecular formula is C25H34N4O6S. The van der Waals surface area contributed by atoms with Crippen LogP contribution in [0.2, 0.25) is 0 Å². The van der Waals surface area contributed by atoms with E-state index in [9.17, 15) is 22.8 Å². The van der Waals surface area contributed by atoms with Crippen molar-refractivity contribution in [1.29, 1.82) is 0 Å². The van der Waals surface area contributed by atoms with Crippen molar-refractivity contribution >= 4 is 39.1 Å². The normalized spacial score (nSPS) is 24.0. The largest absolute Gasteiger partial charge is 0.381 e. The number of fused-ring (bicyclic) bond motifs is 2. The first kappa shape index (κ1) is 25.0. The lowest BCUT2D eigenvalue weighted by molar-refractivity contribution is -0.124. The van der Waals surface area contributed by atoms with Gasteiger partial charge in [-0.05, 0) is 49.3 Å². The summed E-state index contributed by atoms with van der Waals surface area (Å²) in [5, 5.41) is 8.83. The first-order valence-corrected chi connectivity index (χ1v) is 14.7. The van der Waals surface area contributed by atoms with Gasteiger partial charge in [0.25, 0.3) is 0 Å². The zero-order valence-corrected chi connectivity index (χ0v) is 21.2. The van der Waals surface area contributed by atoms with Gasteiger partial charge < -0.3 is 25.6 Å². The van der Waals surface area contributed by atoms with Crippen molar-refractivity contribution in [2.45, 2.75) is 56.4 Å². The van der Waals surface area contributed by atoms with Crippen LogP contribution in [0.15, 0.2) is 18.2 Å². The standard InChI is InChI=1S/C25H34N4O6S/c30-22(26-18-6-7-19-20(16-18)27-23(31)25(19)8-12-35-13-9-25)21(17-4-2-1-3-5-17)28-24(32)29-10-14-36(33,34)15-11-29/h6-7,16-17,21H,1-5,8-15H2,(H,26,30)(H,27,31)(H,28,32). The summed E-state index contributed by atoms with van der Waals surface area (Å²) in [5.74, 6) is -0.439. The van der Waals surface area contributed by atoms with Gasteiger partial charge in [-0.1, -0.05) is 25.3 Å². The van der Waals surface area contributed by atoms with Crippen molar-refractivity contribution < 1.29 is 27.5 Å². The smallest absolute Gasteiger partial charge is 0.318 e. The fourth-order valence-electron chi connectivity index (χ4n) is 5.95. The SMILES string of the molecule is O=C(Nc1ccc2c(c1)NC(=O)C21CCOCC1)C(NC(=O)N1CCS(=O)(=O)CC1)C1CCCCC1. The minimum atomic E-state index is -3.11. The molecule has 4 amide bonds. The molecule has 0 radical (unpaired) electrons. The number of benzene rings is 1. The number of nitrogens with zero attached hydrogens (tertiary/aromatic N) is 1. The summed E-state index contributed by atoms with van der Waals surface area (Å²) >= 11 is 0. The summed E-state index contributed by atoms with van der Waals surface area (Å²) in [6, 6.07) is 4.37. The van der Waals surface area contributed by atoms with Crippen LogP contribution in [0.5, 0.6) is 0 Å². The molecule has 3 fully saturated rings. The molecule has 10 nitrogen and oxygen atoms in total. The van der Waals surface area contributed by atoms with Crippen molar-refractivity contribution in [2.75, 3.05) is 48.4 Å². The van der Waals surface area contributed by atoms with Crippen LogP contribution in [0.3, 0.4) is 0 Å². The van der Waals surface area contributed by atoms with Crippen molar-refractivity contribution in [3.63, 3.8) is 0 Å². The van der Waals surface area contributed by atoms with E-state index >= 15 is 0 Å². The Bertz CT molecular complexity index is 1130. The highest BCUT2D eigenvalue weighted by atomic mass is 32.2. The number of rotatable bonds is 4. The van der Waals surface area contributed by atoms with E-state index in [1.165, 1.54) is 4.90 Å². The van der Waals surface area contributed by atoms with Gasteiger partial charge in [0, 0.05) is 37.7 Å². The van der Waals surface area contributed by atoms with Gasteiger partial charge in [-0.2, -0.15) is 0 Å². The Hall–Kier alpha value is -2.66. The Morgan fingerprint density at radius 1 is 1.08 bits per heavy atom. The average molecular weight is 519 g/mol. The Morgan fingerprint density at radius 3 is 2.47 bits per heavy atom. The molecule has 0 aromatic heterocycles. The number of carbonyl (C=O) groups is 3. The Kier molecular flexibility index (Phi) is 6.95. The quantitative estimate of drug-likeness (QED) is 0.558. The molecule has 1 atom stereocenters. The highest BCUT2D eigenvalue weighted by Gasteiger charge is 2.47. The number of urea groups is 1. The summed E-state index contributed by atoms with van der Waals surface area (Å²) in [7, 11) is -3.11. The second-order valence-electron chi connectivity index (χ2n) is 10.4. The third-order valence-corrected chi connectivity index (χ3v) is 9.76. The highest BCUT2D eigenvalue weighted by molar-refractivity contribution is 7.91. The summed E-state index contributed by atoms with van der Waals surface area (Å²) in [6.07, 6.45) is 6.07.